The first kappa shape index (κ1) is 52.6. The van der Waals surface area contributed by atoms with Crippen LogP contribution in [0.4, 0.5) is 0 Å². The van der Waals surface area contributed by atoms with Gasteiger partial charge in [-0.3, -0.25) is 0 Å². The molecule has 4 nitrogen and oxygen atoms in total. The lowest BCUT2D eigenvalue weighted by molar-refractivity contribution is 0.231. The smallest absolute Gasteiger partial charge is 0.203 e. The minimum Gasteiger partial charge on any atom is -0.490 e. The lowest BCUT2D eigenvalue weighted by atomic mass is 10.0. The summed E-state index contributed by atoms with van der Waals surface area (Å²) in [5.74, 6) is 2.22. The van der Waals surface area contributed by atoms with Crippen molar-refractivity contribution in [3.63, 3.8) is 0 Å². The highest BCUT2D eigenvalue weighted by atomic mass is 16.5. The van der Waals surface area contributed by atoms with Gasteiger partial charge in [-0.15, -0.1) is 0 Å². The Hall–Kier alpha value is -1.42. The van der Waals surface area contributed by atoms with Crippen LogP contribution in [0.2, 0.25) is 0 Å². The van der Waals surface area contributed by atoms with Crippen LogP contribution in [0.5, 0.6) is 17.2 Å². The van der Waals surface area contributed by atoms with Crippen LogP contribution in [0.3, 0.4) is 0 Å². The lowest BCUT2D eigenvalue weighted by Gasteiger charge is -2.18. The Labute approximate surface area is 350 Å². The number of rotatable bonds is 46. The van der Waals surface area contributed by atoms with Crippen molar-refractivity contribution in [2.24, 2.45) is 0 Å². The number of unbranched alkanes of at least 4 members (excludes halogenated alkanes) is 36. The van der Waals surface area contributed by atoms with Gasteiger partial charge in [0.05, 0.1) is 26.4 Å². The molecule has 0 amide bonds. The van der Waals surface area contributed by atoms with Gasteiger partial charge < -0.3 is 19.3 Å². The fourth-order valence-corrected chi connectivity index (χ4v) is 7.98. The standard InChI is InChI=1S/C52H98O4/c1-4-7-10-13-16-19-22-25-28-31-34-37-40-43-54-50-46-49(48-53)47-51(55-44-41-38-35-32-29-26-23-20-17-14-11-8-5-2)52(50)56-45-42-39-36-33-30-27-24-21-18-15-12-9-6-3/h46-47,53H,4-45,48H2,1-3H3. The zero-order chi connectivity index (χ0) is 40.3. The van der Waals surface area contributed by atoms with Crippen LogP contribution in [0.15, 0.2) is 12.1 Å². The number of hydrogen-bond acceptors (Lipinski definition) is 4. The fraction of sp³-hybridized carbons (Fsp3) is 0.885. The minimum absolute atomic E-state index is 0.0245. The average molecular weight is 787 g/mol. The molecule has 1 aromatic carbocycles. The van der Waals surface area contributed by atoms with E-state index in [1.807, 2.05) is 12.1 Å². The molecule has 0 aliphatic carbocycles. The van der Waals surface area contributed by atoms with Crippen molar-refractivity contribution in [2.45, 2.75) is 278 Å². The SMILES string of the molecule is CCCCCCCCCCCCCCCOc1cc(CO)cc(OCCCCCCCCCCCCCCC)c1OCCCCCCCCCCCCCCC. The maximum absolute atomic E-state index is 10.1. The molecule has 0 aliphatic rings. The average Bonchev–Trinajstić information content (AvgIpc) is 3.21. The Morgan fingerprint density at radius 3 is 0.750 bits per heavy atom. The predicted octanol–water partition coefficient (Wildman–Crippen LogP) is 17.6. The molecule has 0 saturated carbocycles. The fourth-order valence-electron chi connectivity index (χ4n) is 7.98. The van der Waals surface area contributed by atoms with E-state index in [0.717, 1.165) is 42.1 Å². The molecular formula is C52H98O4. The van der Waals surface area contributed by atoms with Crippen LogP contribution in [0.1, 0.15) is 277 Å². The summed E-state index contributed by atoms with van der Waals surface area (Å²) >= 11 is 0. The molecule has 4 heteroatoms. The minimum atomic E-state index is -0.0245. The maximum atomic E-state index is 10.1. The Morgan fingerprint density at radius 2 is 0.518 bits per heavy atom. The quantitative estimate of drug-likeness (QED) is 0.0669. The molecule has 0 unspecified atom stereocenters. The molecule has 0 fully saturated rings. The lowest BCUT2D eigenvalue weighted by Crippen LogP contribution is -2.07. The normalized spacial score (nSPS) is 11.4. The molecule has 0 aliphatic heterocycles. The number of benzene rings is 1. The Kier molecular flexibility index (Phi) is 40.5. The molecule has 330 valence electrons. The van der Waals surface area contributed by atoms with Crippen LogP contribution in [0, 0.1) is 0 Å². The molecule has 0 spiro atoms. The summed E-state index contributed by atoms with van der Waals surface area (Å²) in [6.45, 7) is 8.90. The molecule has 1 aromatic rings. The highest BCUT2D eigenvalue weighted by molar-refractivity contribution is 5.54. The summed E-state index contributed by atoms with van der Waals surface area (Å²) in [4.78, 5) is 0. The molecule has 0 radical (unpaired) electrons. The molecule has 0 atom stereocenters. The van der Waals surface area contributed by atoms with E-state index in [0.29, 0.717) is 19.8 Å². The highest BCUT2D eigenvalue weighted by Crippen LogP contribution is 2.40. The molecule has 1 N–H and O–H groups in total. The Bertz CT molecular complexity index is 863. The molecule has 0 bridgehead atoms. The van der Waals surface area contributed by atoms with E-state index < -0.39 is 0 Å². The van der Waals surface area contributed by atoms with Gasteiger partial charge >= 0.3 is 0 Å². The number of hydrogen-bond donors (Lipinski definition) is 1. The van der Waals surface area contributed by atoms with Gasteiger partial charge in [-0.05, 0) is 37.0 Å². The van der Waals surface area contributed by atoms with Crippen LogP contribution in [-0.2, 0) is 6.61 Å². The van der Waals surface area contributed by atoms with Gasteiger partial charge in [-0.25, -0.2) is 0 Å². The monoisotopic (exact) mass is 787 g/mol. The summed E-state index contributed by atoms with van der Waals surface area (Å²) in [6, 6.07) is 3.94. The second kappa shape index (κ2) is 43.2. The molecule has 0 aromatic heterocycles. The summed E-state index contributed by atoms with van der Waals surface area (Å²) in [5, 5.41) is 10.1. The van der Waals surface area contributed by atoms with Gasteiger partial charge in [0.25, 0.3) is 0 Å². The second-order valence-corrected chi connectivity index (χ2v) is 17.4. The van der Waals surface area contributed by atoms with E-state index in [9.17, 15) is 5.11 Å². The number of ether oxygens (including phenoxy) is 3. The predicted molar refractivity (Wildman–Crippen MR) is 246 cm³/mol. The van der Waals surface area contributed by atoms with Gasteiger partial charge in [-0.2, -0.15) is 0 Å². The summed E-state index contributed by atoms with van der Waals surface area (Å²) in [7, 11) is 0. The largest absolute Gasteiger partial charge is 0.490 e. The van der Waals surface area contributed by atoms with Crippen molar-refractivity contribution in [1.82, 2.24) is 0 Å². The first-order valence-corrected chi connectivity index (χ1v) is 25.4. The number of aliphatic hydroxyl groups excluding tert-OH is 1. The van der Waals surface area contributed by atoms with Crippen LogP contribution in [-0.4, -0.2) is 24.9 Å². The summed E-state index contributed by atoms with van der Waals surface area (Å²) in [5.41, 5.74) is 0.832. The van der Waals surface area contributed by atoms with Gasteiger partial charge in [0.1, 0.15) is 0 Å². The third-order valence-electron chi connectivity index (χ3n) is 11.8. The van der Waals surface area contributed by atoms with Crippen molar-refractivity contribution in [3.05, 3.63) is 17.7 Å². The first-order valence-electron chi connectivity index (χ1n) is 25.4. The van der Waals surface area contributed by atoms with Crippen molar-refractivity contribution in [1.29, 1.82) is 0 Å². The molecule has 56 heavy (non-hydrogen) atoms. The van der Waals surface area contributed by atoms with Crippen LogP contribution < -0.4 is 14.2 Å². The van der Waals surface area contributed by atoms with Crippen molar-refractivity contribution in [2.75, 3.05) is 19.8 Å². The van der Waals surface area contributed by atoms with E-state index in [1.54, 1.807) is 0 Å². The zero-order valence-electron chi connectivity index (χ0n) is 38.2. The van der Waals surface area contributed by atoms with Crippen molar-refractivity contribution in [3.8, 4) is 17.2 Å². The third-order valence-corrected chi connectivity index (χ3v) is 11.8. The first-order chi connectivity index (χ1) is 27.8. The van der Waals surface area contributed by atoms with E-state index in [2.05, 4.69) is 20.8 Å². The van der Waals surface area contributed by atoms with Gasteiger partial charge in [0.2, 0.25) is 5.75 Å². The number of aliphatic hydroxyl groups is 1. The summed E-state index contributed by atoms with van der Waals surface area (Å²) in [6.07, 6.45) is 52.4. The van der Waals surface area contributed by atoms with Crippen LogP contribution in [0.25, 0.3) is 0 Å². The molecule has 0 saturated heterocycles. The van der Waals surface area contributed by atoms with Gasteiger partial charge in [0.15, 0.2) is 11.5 Å². The van der Waals surface area contributed by atoms with E-state index >= 15 is 0 Å². The Balaban J connectivity index is 2.46. The topological polar surface area (TPSA) is 47.9 Å². The maximum Gasteiger partial charge on any atom is 0.203 e. The second-order valence-electron chi connectivity index (χ2n) is 17.4. The van der Waals surface area contributed by atoms with Crippen molar-refractivity contribution >= 4 is 0 Å². The van der Waals surface area contributed by atoms with Gasteiger partial charge in [-0.1, -0.05) is 252 Å². The zero-order valence-corrected chi connectivity index (χ0v) is 38.2. The molecule has 1 rings (SSSR count). The van der Waals surface area contributed by atoms with E-state index in [-0.39, 0.29) is 6.61 Å². The highest BCUT2D eigenvalue weighted by Gasteiger charge is 2.16. The molecular weight excluding hydrogens is 689 g/mol. The van der Waals surface area contributed by atoms with Gasteiger partial charge in [0, 0.05) is 0 Å². The van der Waals surface area contributed by atoms with Crippen molar-refractivity contribution < 1.29 is 19.3 Å². The van der Waals surface area contributed by atoms with E-state index in [4.69, 9.17) is 14.2 Å². The van der Waals surface area contributed by atoms with E-state index in [1.165, 1.54) is 231 Å². The third kappa shape index (κ3) is 33.5. The Morgan fingerprint density at radius 1 is 0.304 bits per heavy atom. The molecule has 0 heterocycles. The van der Waals surface area contributed by atoms with Crippen LogP contribution >= 0.6 is 0 Å². The summed E-state index contributed by atoms with van der Waals surface area (Å²) < 4.78 is 19.3.